The number of nitrogens with zero attached hydrogens (tertiary/aromatic N) is 5. The van der Waals surface area contributed by atoms with Crippen LogP contribution in [0.5, 0.6) is 23.3 Å². The first-order valence-electron chi connectivity index (χ1n) is 17.5. The number of benzene rings is 3. The fourth-order valence-electron chi connectivity index (χ4n) is 6.04. The molecule has 3 aromatic carbocycles. The molecule has 0 radical (unpaired) electrons. The number of amides is 1. The minimum Gasteiger partial charge on any atom is -0.487 e. The SMILES string of the molecule is Cc1cccc(OCCc2ccc(CN3CCN(C(=O)C=Cc4cc(C)c(Oc5ccc(OCc6ccc(C#N)cc6)cn5)c(C)c4)CC3)cc2)n1.Cl. The minimum absolute atomic E-state index is 0. The lowest BCUT2D eigenvalue weighted by atomic mass is 10.1. The summed E-state index contributed by atoms with van der Waals surface area (Å²) in [6, 6.07) is 31.5. The maximum atomic E-state index is 13.1. The van der Waals surface area contributed by atoms with Crippen molar-refractivity contribution in [3.05, 3.63) is 148 Å². The van der Waals surface area contributed by atoms with Crippen LogP contribution in [0.3, 0.4) is 0 Å². The number of hydrogen-bond acceptors (Lipinski definition) is 8. The summed E-state index contributed by atoms with van der Waals surface area (Å²) in [5.41, 5.74) is 7.87. The molecule has 272 valence electrons. The fourth-order valence-corrected chi connectivity index (χ4v) is 6.04. The first-order valence-corrected chi connectivity index (χ1v) is 17.5. The van der Waals surface area contributed by atoms with Gasteiger partial charge in [-0.05, 0) is 96.6 Å². The number of aryl methyl sites for hydroxylation is 3. The monoisotopic (exact) mass is 729 g/mol. The summed E-state index contributed by atoms with van der Waals surface area (Å²) in [4.78, 5) is 26.2. The van der Waals surface area contributed by atoms with E-state index in [2.05, 4.69) is 45.2 Å². The Labute approximate surface area is 317 Å². The van der Waals surface area contributed by atoms with Gasteiger partial charge in [-0.25, -0.2) is 9.97 Å². The van der Waals surface area contributed by atoms with E-state index in [1.165, 1.54) is 11.1 Å². The minimum atomic E-state index is 0. The van der Waals surface area contributed by atoms with Crippen LogP contribution in [0.2, 0.25) is 0 Å². The smallest absolute Gasteiger partial charge is 0.246 e. The Hall–Kier alpha value is -5.69. The number of aromatic nitrogens is 2. The third-order valence-corrected chi connectivity index (χ3v) is 8.92. The third-order valence-electron chi connectivity index (χ3n) is 8.92. The molecule has 1 amide bonds. The van der Waals surface area contributed by atoms with E-state index in [9.17, 15) is 4.79 Å². The second-order valence-electron chi connectivity index (χ2n) is 13.0. The highest BCUT2D eigenvalue weighted by Crippen LogP contribution is 2.30. The van der Waals surface area contributed by atoms with Gasteiger partial charge in [0.25, 0.3) is 0 Å². The summed E-state index contributed by atoms with van der Waals surface area (Å²) in [6.45, 7) is 10.8. The molecule has 0 aliphatic carbocycles. The van der Waals surface area contributed by atoms with Gasteiger partial charge < -0.3 is 19.1 Å². The second-order valence-corrected chi connectivity index (χ2v) is 13.0. The molecule has 10 heteroatoms. The van der Waals surface area contributed by atoms with Gasteiger partial charge in [-0.3, -0.25) is 9.69 Å². The molecule has 0 N–H and O–H groups in total. The van der Waals surface area contributed by atoms with E-state index in [1.807, 2.05) is 80.3 Å². The highest BCUT2D eigenvalue weighted by Gasteiger charge is 2.20. The van der Waals surface area contributed by atoms with Crippen LogP contribution in [-0.4, -0.2) is 58.5 Å². The average Bonchev–Trinajstić information content (AvgIpc) is 3.16. The zero-order valence-electron chi connectivity index (χ0n) is 30.3. The third kappa shape index (κ3) is 11.1. The van der Waals surface area contributed by atoms with Crippen LogP contribution in [0.4, 0.5) is 0 Å². The summed E-state index contributed by atoms with van der Waals surface area (Å²) in [6.07, 6.45) is 6.00. The van der Waals surface area contributed by atoms with E-state index in [1.54, 1.807) is 30.5 Å². The van der Waals surface area contributed by atoms with Crippen molar-refractivity contribution in [2.24, 2.45) is 0 Å². The first-order chi connectivity index (χ1) is 25.3. The number of nitriles is 1. The van der Waals surface area contributed by atoms with E-state index >= 15 is 0 Å². The number of hydrogen-bond donors (Lipinski definition) is 0. The number of rotatable bonds is 13. The number of halogens is 1. The van der Waals surface area contributed by atoms with Crippen LogP contribution in [-0.2, 0) is 24.4 Å². The predicted octanol–water partition coefficient (Wildman–Crippen LogP) is 8.05. The average molecular weight is 730 g/mol. The Morgan fingerprint density at radius 3 is 2.19 bits per heavy atom. The van der Waals surface area contributed by atoms with Crippen molar-refractivity contribution >= 4 is 24.4 Å². The van der Waals surface area contributed by atoms with Crippen molar-refractivity contribution in [3.63, 3.8) is 0 Å². The van der Waals surface area contributed by atoms with Crippen molar-refractivity contribution in [2.75, 3.05) is 32.8 Å². The zero-order chi connectivity index (χ0) is 36.3. The van der Waals surface area contributed by atoms with Crippen molar-refractivity contribution in [2.45, 2.75) is 40.3 Å². The Bertz CT molecular complexity index is 2010. The van der Waals surface area contributed by atoms with E-state index in [0.29, 0.717) is 49.4 Å². The van der Waals surface area contributed by atoms with Crippen molar-refractivity contribution < 1.29 is 19.0 Å². The van der Waals surface area contributed by atoms with Gasteiger partial charge in [-0.15, -0.1) is 12.4 Å². The van der Waals surface area contributed by atoms with Crippen molar-refractivity contribution in [1.29, 1.82) is 5.26 Å². The molecule has 6 rings (SSSR count). The molecule has 53 heavy (non-hydrogen) atoms. The summed E-state index contributed by atoms with van der Waals surface area (Å²) < 4.78 is 17.8. The number of pyridine rings is 2. The van der Waals surface area contributed by atoms with Gasteiger partial charge in [0.2, 0.25) is 17.7 Å². The Morgan fingerprint density at radius 2 is 1.53 bits per heavy atom. The largest absolute Gasteiger partial charge is 0.487 e. The Kier molecular flexibility index (Phi) is 13.6. The number of carbonyl (C=O) groups excluding carboxylic acids is 1. The summed E-state index contributed by atoms with van der Waals surface area (Å²) >= 11 is 0. The van der Waals surface area contributed by atoms with Crippen LogP contribution < -0.4 is 14.2 Å². The maximum absolute atomic E-state index is 13.1. The molecule has 1 aliphatic heterocycles. The zero-order valence-corrected chi connectivity index (χ0v) is 31.1. The summed E-state index contributed by atoms with van der Waals surface area (Å²) in [5, 5.41) is 8.96. The van der Waals surface area contributed by atoms with Crippen LogP contribution >= 0.6 is 12.4 Å². The van der Waals surface area contributed by atoms with Crippen LogP contribution in [0.1, 0.15) is 44.6 Å². The Balaban J connectivity index is 0.00000541. The lowest BCUT2D eigenvalue weighted by molar-refractivity contribution is -0.127. The predicted molar refractivity (Wildman–Crippen MR) is 208 cm³/mol. The summed E-state index contributed by atoms with van der Waals surface area (Å²) in [5.74, 6) is 2.50. The van der Waals surface area contributed by atoms with Crippen LogP contribution in [0.15, 0.2) is 103 Å². The number of piperazine rings is 1. The van der Waals surface area contributed by atoms with Gasteiger partial charge >= 0.3 is 0 Å². The Morgan fingerprint density at radius 1 is 0.830 bits per heavy atom. The molecule has 1 fully saturated rings. The molecular weight excluding hydrogens is 686 g/mol. The molecule has 1 saturated heterocycles. The maximum Gasteiger partial charge on any atom is 0.246 e. The van der Waals surface area contributed by atoms with Gasteiger partial charge in [0.05, 0.1) is 24.4 Å². The molecule has 0 saturated carbocycles. The lowest BCUT2D eigenvalue weighted by Gasteiger charge is -2.34. The van der Waals surface area contributed by atoms with Gasteiger partial charge in [-0.1, -0.05) is 42.5 Å². The standard InChI is InChI=1S/C43H43N5O4.ClH/c1-31-25-38(26-32(2)43(31)52-40-17-16-39(28-45-40)51-30-37-13-9-35(27-44)10-14-37)15-18-42(49)48-22-20-47(21-23-48)29-36-11-7-34(8-12-36)19-24-50-41-6-4-5-33(3)46-41;/h4-18,25-26,28H,19-24,29-30H2,1-3H3;1H. The van der Waals surface area contributed by atoms with Gasteiger partial charge in [0, 0.05) is 63.0 Å². The van der Waals surface area contributed by atoms with Crippen molar-refractivity contribution in [1.82, 2.24) is 19.8 Å². The molecule has 0 unspecified atom stereocenters. The number of carbonyl (C=O) groups is 1. The molecule has 0 spiro atoms. The topological polar surface area (TPSA) is 101 Å². The highest BCUT2D eigenvalue weighted by atomic mass is 35.5. The highest BCUT2D eigenvalue weighted by molar-refractivity contribution is 5.92. The summed E-state index contributed by atoms with van der Waals surface area (Å²) in [7, 11) is 0. The van der Waals surface area contributed by atoms with E-state index in [0.717, 1.165) is 59.8 Å². The number of ether oxygens (including phenoxy) is 3. The van der Waals surface area contributed by atoms with Gasteiger partial charge in [0.15, 0.2) is 0 Å². The molecule has 0 atom stereocenters. The van der Waals surface area contributed by atoms with Gasteiger partial charge in [-0.2, -0.15) is 5.26 Å². The van der Waals surface area contributed by atoms with Gasteiger partial charge in [0.1, 0.15) is 18.1 Å². The van der Waals surface area contributed by atoms with E-state index in [-0.39, 0.29) is 18.3 Å². The van der Waals surface area contributed by atoms with Crippen LogP contribution in [0.25, 0.3) is 6.08 Å². The van der Waals surface area contributed by atoms with Crippen molar-refractivity contribution in [3.8, 4) is 29.3 Å². The lowest BCUT2D eigenvalue weighted by Crippen LogP contribution is -2.47. The molecule has 0 bridgehead atoms. The van der Waals surface area contributed by atoms with E-state index < -0.39 is 0 Å². The molecular formula is C43H44ClN5O4. The molecule has 5 aromatic rings. The quantitative estimate of drug-likeness (QED) is 0.112. The molecule has 3 heterocycles. The normalized spacial score (nSPS) is 12.9. The molecule has 9 nitrogen and oxygen atoms in total. The molecule has 2 aromatic heterocycles. The molecule has 1 aliphatic rings. The first kappa shape index (κ1) is 38.5. The second kappa shape index (κ2) is 18.7. The van der Waals surface area contributed by atoms with E-state index in [4.69, 9.17) is 19.5 Å². The van der Waals surface area contributed by atoms with Crippen LogP contribution in [0, 0.1) is 32.1 Å². The fraction of sp³-hybridized carbons (Fsp3) is 0.256.